The summed E-state index contributed by atoms with van der Waals surface area (Å²) in [5.74, 6) is -2.50. The lowest BCUT2D eigenvalue weighted by molar-refractivity contribution is -0.162. The van der Waals surface area contributed by atoms with Gasteiger partial charge < -0.3 is 21.3 Å². The van der Waals surface area contributed by atoms with Gasteiger partial charge in [-0.2, -0.15) is 0 Å². The molecule has 6 nitrogen and oxygen atoms in total. The molecule has 0 amide bonds. The summed E-state index contributed by atoms with van der Waals surface area (Å²) in [6.45, 7) is 2.70. The first-order valence-corrected chi connectivity index (χ1v) is 3.78. The predicted molar refractivity (Wildman–Crippen MR) is 44.8 cm³/mol. The van der Waals surface area contributed by atoms with Gasteiger partial charge in [0.05, 0.1) is 6.10 Å². The van der Waals surface area contributed by atoms with E-state index in [0.717, 1.165) is 0 Å². The summed E-state index contributed by atoms with van der Waals surface area (Å²) in [6, 6.07) is 0. The number of esters is 1. The first kappa shape index (κ1) is 11.9. The van der Waals surface area contributed by atoms with Crippen LogP contribution in [0.1, 0.15) is 13.8 Å². The van der Waals surface area contributed by atoms with E-state index in [2.05, 4.69) is 4.74 Å². The minimum Gasteiger partial charge on any atom is -0.479 e. The van der Waals surface area contributed by atoms with Gasteiger partial charge in [0.15, 0.2) is 0 Å². The maximum Gasteiger partial charge on any atom is 0.339 e. The molecule has 13 heavy (non-hydrogen) atoms. The lowest BCUT2D eigenvalue weighted by Gasteiger charge is -2.21. The van der Waals surface area contributed by atoms with Crippen LogP contribution in [0.3, 0.4) is 0 Å². The Hall–Kier alpha value is -1.14. The molecular formula is C7H14N2O4. The van der Waals surface area contributed by atoms with E-state index in [0.29, 0.717) is 0 Å². The molecule has 0 saturated heterocycles. The van der Waals surface area contributed by atoms with Gasteiger partial charge in [0.25, 0.3) is 0 Å². The molecule has 0 spiro atoms. The molecule has 1 unspecified atom stereocenters. The third-order valence-corrected chi connectivity index (χ3v) is 1.41. The highest BCUT2D eigenvalue weighted by Crippen LogP contribution is 2.04. The first-order valence-electron chi connectivity index (χ1n) is 3.78. The monoisotopic (exact) mass is 190 g/mol. The summed E-state index contributed by atoms with van der Waals surface area (Å²) in [7, 11) is 0. The van der Waals surface area contributed by atoms with Crippen molar-refractivity contribution in [2.24, 2.45) is 11.5 Å². The highest BCUT2D eigenvalue weighted by molar-refractivity contribution is 6.04. The van der Waals surface area contributed by atoms with Gasteiger partial charge in [-0.3, -0.25) is 0 Å². The third kappa shape index (κ3) is 2.67. The highest BCUT2D eigenvalue weighted by atomic mass is 16.5. The van der Waals surface area contributed by atoms with Gasteiger partial charge in [0.2, 0.25) is 5.54 Å². The molecule has 0 rings (SSSR count). The Balaban J connectivity index is 4.58. The summed E-state index contributed by atoms with van der Waals surface area (Å²) in [4.78, 5) is 21.7. The van der Waals surface area contributed by atoms with Crippen molar-refractivity contribution in [3.8, 4) is 0 Å². The number of hydrogen-bond acceptors (Lipinski definition) is 5. The third-order valence-electron chi connectivity index (χ3n) is 1.41. The standard InChI is InChI=1S/C7H14N2O4/c1-4(2)13-6(12)7(9,3-8)5(10)11/h4H,3,8-9H2,1-2H3,(H,10,11). The van der Waals surface area contributed by atoms with Gasteiger partial charge in [-0.05, 0) is 13.8 Å². The SMILES string of the molecule is CC(C)OC(=O)C(N)(CN)C(=O)O. The molecule has 1 atom stereocenters. The summed E-state index contributed by atoms with van der Waals surface area (Å²) in [5, 5.41) is 8.61. The van der Waals surface area contributed by atoms with Crippen molar-refractivity contribution < 1.29 is 19.4 Å². The van der Waals surface area contributed by atoms with Crippen LogP contribution >= 0.6 is 0 Å². The van der Waals surface area contributed by atoms with Crippen LogP contribution in [0.2, 0.25) is 0 Å². The minimum atomic E-state index is -2.13. The zero-order chi connectivity index (χ0) is 10.6. The van der Waals surface area contributed by atoms with E-state index in [1.165, 1.54) is 0 Å². The van der Waals surface area contributed by atoms with E-state index >= 15 is 0 Å². The molecule has 0 fully saturated rings. The molecule has 0 aliphatic rings. The lowest BCUT2D eigenvalue weighted by Crippen LogP contribution is -2.61. The van der Waals surface area contributed by atoms with Crippen LogP contribution < -0.4 is 11.5 Å². The summed E-state index contributed by atoms with van der Waals surface area (Å²) >= 11 is 0. The normalized spacial score (nSPS) is 15.2. The molecule has 0 heterocycles. The summed E-state index contributed by atoms with van der Waals surface area (Å²) in [6.07, 6.45) is -0.415. The van der Waals surface area contributed by atoms with Crippen molar-refractivity contribution in [2.45, 2.75) is 25.5 Å². The van der Waals surface area contributed by atoms with Gasteiger partial charge >= 0.3 is 11.9 Å². The zero-order valence-corrected chi connectivity index (χ0v) is 7.61. The van der Waals surface area contributed by atoms with Crippen LogP contribution in [0.5, 0.6) is 0 Å². The van der Waals surface area contributed by atoms with Gasteiger partial charge in [0, 0.05) is 6.54 Å². The van der Waals surface area contributed by atoms with E-state index < -0.39 is 30.1 Å². The fourth-order valence-electron chi connectivity index (χ4n) is 0.577. The molecule has 0 aromatic carbocycles. The molecule has 0 aromatic rings. The van der Waals surface area contributed by atoms with Gasteiger partial charge in [-0.1, -0.05) is 0 Å². The van der Waals surface area contributed by atoms with Crippen LogP contribution in [-0.2, 0) is 14.3 Å². The van der Waals surface area contributed by atoms with Crippen molar-refractivity contribution in [1.82, 2.24) is 0 Å². The average Bonchev–Trinajstić information content (AvgIpc) is 2.01. The fraction of sp³-hybridized carbons (Fsp3) is 0.714. The van der Waals surface area contributed by atoms with Crippen molar-refractivity contribution in [2.75, 3.05) is 6.54 Å². The van der Waals surface area contributed by atoms with Gasteiger partial charge in [0.1, 0.15) is 0 Å². The predicted octanol–water partition coefficient (Wildman–Crippen LogP) is -1.32. The average molecular weight is 190 g/mol. The number of ether oxygens (including phenoxy) is 1. The largest absolute Gasteiger partial charge is 0.479 e. The van der Waals surface area contributed by atoms with E-state index in [1.54, 1.807) is 13.8 Å². The summed E-state index contributed by atoms with van der Waals surface area (Å²) < 4.78 is 4.64. The lowest BCUT2D eigenvalue weighted by atomic mass is 10.0. The smallest absolute Gasteiger partial charge is 0.339 e. The molecule has 0 aliphatic carbocycles. The molecule has 0 radical (unpaired) electrons. The Bertz CT molecular complexity index is 217. The molecule has 6 heteroatoms. The Morgan fingerprint density at radius 3 is 2.23 bits per heavy atom. The fourth-order valence-corrected chi connectivity index (χ4v) is 0.577. The second-order valence-electron chi connectivity index (χ2n) is 2.93. The maximum absolute atomic E-state index is 11.1. The molecular weight excluding hydrogens is 176 g/mol. The number of carbonyl (C=O) groups is 2. The van der Waals surface area contributed by atoms with Gasteiger partial charge in [-0.25, -0.2) is 9.59 Å². The number of nitrogens with two attached hydrogens (primary N) is 2. The van der Waals surface area contributed by atoms with Gasteiger partial charge in [-0.15, -0.1) is 0 Å². The van der Waals surface area contributed by atoms with Crippen LogP contribution in [0, 0.1) is 0 Å². The Kier molecular flexibility index (Phi) is 3.83. The van der Waals surface area contributed by atoms with E-state index in [-0.39, 0.29) is 0 Å². The molecule has 0 saturated carbocycles. The highest BCUT2D eigenvalue weighted by Gasteiger charge is 2.43. The number of carbonyl (C=O) groups excluding carboxylic acids is 1. The molecule has 0 aliphatic heterocycles. The second kappa shape index (κ2) is 4.20. The molecule has 0 bridgehead atoms. The van der Waals surface area contributed by atoms with Crippen molar-refractivity contribution in [1.29, 1.82) is 0 Å². The second-order valence-corrected chi connectivity index (χ2v) is 2.93. The first-order chi connectivity index (χ1) is 5.84. The molecule has 5 N–H and O–H groups in total. The van der Waals surface area contributed by atoms with Crippen molar-refractivity contribution in [3.05, 3.63) is 0 Å². The van der Waals surface area contributed by atoms with Crippen LogP contribution in [0.15, 0.2) is 0 Å². The Morgan fingerprint density at radius 2 is 2.00 bits per heavy atom. The Labute approximate surface area is 75.8 Å². The number of aliphatic carboxylic acids is 1. The van der Waals surface area contributed by atoms with Crippen LogP contribution in [0.4, 0.5) is 0 Å². The van der Waals surface area contributed by atoms with Crippen molar-refractivity contribution >= 4 is 11.9 Å². The summed E-state index contributed by atoms with van der Waals surface area (Å²) in [5.41, 5.74) is 8.18. The van der Waals surface area contributed by atoms with Crippen molar-refractivity contribution in [3.63, 3.8) is 0 Å². The minimum absolute atomic E-state index is 0.415. The van der Waals surface area contributed by atoms with Crippen LogP contribution in [0.25, 0.3) is 0 Å². The maximum atomic E-state index is 11.1. The quantitative estimate of drug-likeness (QED) is 0.374. The van der Waals surface area contributed by atoms with E-state index in [1.807, 2.05) is 0 Å². The molecule has 76 valence electrons. The van der Waals surface area contributed by atoms with E-state index in [4.69, 9.17) is 16.6 Å². The molecule has 0 aromatic heterocycles. The number of rotatable bonds is 4. The van der Waals surface area contributed by atoms with Crippen LogP contribution in [-0.4, -0.2) is 35.2 Å². The number of carboxylic acids is 1. The topological polar surface area (TPSA) is 116 Å². The van der Waals surface area contributed by atoms with E-state index in [9.17, 15) is 9.59 Å². The number of hydrogen-bond donors (Lipinski definition) is 3. The zero-order valence-electron chi connectivity index (χ0n) is 7.61. The Morgan fingerprint density at radius 1 is 1.54 bits per heavy atom. The number of carboxylic acid groups (broad SMARTS) is 1.